The van der Waals surface area contributed by atoms with Crippen LogP contribution in [-0.4, -0.2) is 0 Å². The third-order valence-corrected chi connectivity index (χ3v) is 2.60. The molecule has 80 valence electrons. The Morgan fingerprint density at radius 1 is 1.07 bits per heavy atom. The number of hydrogen-bond donors (Lipinski definition) is 0. The third-order valence-electron chi connectivity index (χ3n) is 2.60. The molecule has 1 heteroatoms. The van der Waals surface area contributed by atoms with Gasteiger partial charge in [-0.3, -0.25) is 0 Å². The van der Waals surface area contributed by atoms with E-state index in [0.29, 0.717) is 0 Å². The van der Waals surface area contributed by atoms with E-state index in [4.69, 9.17) is 0 Å². The van der Waals surface area contributed by atoms with Crippen molar-refractivity contribution in [2.75, 3.05) is 4.90 Å². The fourth-order valence-electron chi connectivity index (χ4n) is 1.62. The number of nitrogens with zero attached hydrogens (tertiary/aromatic N) is 1. The predicted octanol–water partition coefficient (Wildman–Crippen LogP) is 4.10. The molecule has 0 N–H and O–H groups in total. The van der Waals surface area contributed by atoms with Crippen LogP contribution in [0.1, 0.15) is 23.6 Å². The average Bonchev–Trinajstić information content (AvgIpc) is 2.20. The quantitative estimate of drug-likeness (QED) is 0.711. The molecule has 0 radical (unpaired) electrons. The van der Waals surface area contributed by atoms with Gasteiger partial charge in [-0.2, -0.15) is 0 Å². The van der Waals surface area contributed by atoms with Crippen LogP contribution >= 0.6 is 0 Å². The first kappa shape index (κ1) is 11.6. The molecular weight excluding hydrogens is 182 g/mol. The van der Waals surface area contributed by atoms with E-state index in [0.717, 1.165) is 0 Å². The van der Waals surface area contributed by atoms with Gasteiger partial charge in [0.2, 0.25) is 0 Å². The zero-order valence-corrected chi connectivity index (χ0v) is 10.0. The summed E-state index contributed by atoms with van der Waals surface area (Å²) in [4.78, 5) is 2.04. The number of aryl methyl sites for hydroxylation is 3. The second-order valence-corrected chi connectivity index (χ2v) is 3.80. The number of benzene rings is 1. The van der Waals surface area contributed by atoms with Crippen LogP contribution in [0.5, 0.6) is 0 Å². The standard InChI is InChI=1S/C14H19N/c1-6-8-15(7-2)14-10-12(4)11(3)9-13(14)5/h6-10H,2H2,1,3-5H3/b8-6-. The van der Waals surface area contributed by atoms with E-state index in [1.165, 1.54) is 22.4 Å². The van der Waals surface area contributed by atoms with Gasteiger partial charge in [0.05, 0.1) is 0 Å². The van der Waals surface area contributed by atoms with Crippen molar-refractivity contribution in [3.63, 3.8) is 0 Å². The van der Waals surface area contributed by atoms with Crippen molar-refractivity contribution < 1.29 is 0 Å². The summed E-state index contributed by atoms with van der Waals surface area (Å²) in [7, 11) is 0. The van der Waals surface area contributed by atoms with Crippen molar-refractivity contribution in [1.82, 2.24) is 0 Å². The highest BCUT2D eigenvalue weighted by Gasteiger charge is 2.05. The van der Waals surface area contributed by atoms with E-state index in [2.05, 4.69) is 39.5 Å². The molecule has 0 fully saturated rings. The van der Waals surface area contributed by atoms with Gasteiger partial charge in [-0.05, 0) is 50.5 Å². The third kappa shape index (κ3) is 2.50. The van der Waals surface area contributed by atoms with Gasteiger partial charge in [-0.15, -0.1) is 0 Å². The van der Waals surface area contributed by atoms with Gasteiger partial charge in [0, 0.05) is 18.1 Å². The Balaban J connectivity index is 3.23. The number of rotatable bonds is 3. The fourth-order valence-corrected chi connectivity index (χ4v) is 1.62. The molecule has 0 aliphatic rings. The van der Waals surface area contributed by atoms with Crippen LogP contribution in [0.2, 0.25) is 0 Å². The Bertz CT molecular complexity index is 389. The minimum Gasteiger partial charge on any atom is -0.325 e. The zero-order valence-electron chi connectivity index (χ0n) is 10.0. The topological polar surface area (TPSA) is 3.24 Å². The summed E-state index contributed by atoms with van der Waals surface area (Å²) in [6, 6.07) is 4.41. The summed E-state index contributed by atoms with van der Waals surface area (Å²) in [5.41, 5.74) is 5.12. The van der Waals surface area contributed by atoms with Crippen LogP contribution in [0.4, 0.5) is 5.69 Å². The van der Waals surface area contributed by atoms with Crippen molar-refractivity contribution in [2.45, 2.75) is 27.7 Å². The van der Waals surface area contributed by atoms with Crippen LogP contribution in [-0.2, 0) is 0 Å². The summed E-state index contributed by atoms with van der Waals surface area (Å²) in [6.07, 6.45) is 5.86. The molecule has 0 bridgehead atoms. The normalized spacial score (nSPS) is 10.7. The van der Waals surface area contributed by atoms with Crippen LogP contribution in [0.15, 0.2) is 37.2 Å². The maximum atomic E-state index is 3.82. The molecule has 1 rings (SSSR count). The Kier molecular flexibility index (Phi) is 3.73. The molecule has 15 heavy (non-hydrogen) atoms. The van der Waals surface area contributed by atoms with Gasteiger partial charge in [0.25, 0.3) is 0 Å². The minimum absolute atomic E-state index is 1.20. The largest absolute Gasteiger partial charge is 0.325 e. The maximum absolute atomic E-state index is 3.82. The van der Waals surface area contributed by atoms with E-state index >= 15 is 0 Å². The molecule has 0 aliphatic heterocycles. The van der Waals surface area contributed by atoms with E-state index in [9.17, 15) is 0 Å². The molecule has 0 unspecified atom stereocenters. The lowest BCUT2D eigenvalue weighted by Crippen LogP contribution is -2.08. The molecule has 0 amide bonds. The Morgan fingerprint density at radius 2 is 1.67 bits per heavy atom. The molecular formula is C14H19N. The van der Waals surface area contributed by atoms with E-state index < -0.39 is 0 Å². The molecule has 1 nitrogen and oxygen atoms in total. The zero-order chi connectivity index (χ0) is 11.4. The summed E-state index contributed by atoms with van der Waals surface area (Å²) >= 11 is 0. The van der Waals surface area contributed by atoms with E-state index in [1.807, 2.05) is 30.3 Å². The second kappa shape index (κ2) is 4.83. The van der Waals surface area contributed by atoms with Crippen molar-refractivity contribution in [2.24, 2.45) is 0 Å². The predicted molar refractivity (Wildman–Crippen MR) is 68.1 cm³/mol. The van der Waals surface area contributed by atoms with Gasteiger partial charge < -0.3 is 4.90 Å². The number of allylic oxidation sites excluding steroid dienone is 1. The molecule has 0 aromatic heterocycles. The lowest BCUT2D eigenvalue weighted by Gasteiger charge is -2.19. The molecule has 0 spiro atoms. The van der Waals surface area contributed by atoms with Crippen LogP contribution < -0.4 is 4.90 Å². The van der Waals surface area contributed by atoms with Gasteiger partial charge in [-0.25, -0.2) is 0 Å². The first-order valence-corrected chi connectivity index (χ1v) is 5.21. The number of anilines is 1. The summed E-state index contributed by atoms with van der Waals surface area (Å²) in [5.74, 6) is 0. The molecule has 0 atom stereocenters. The van der Waals surface area contributed by atoms with Crippen molar-refractivity contribution >= 4 is 5.69 Å². The van der Waals surface area contributed by atoms with Gasteiger partial charge in [0.1, 0.15) is 0 Å². The van der Waals surface area contributed by atoms with Crippen LogP contribution in [0.25, 0.3) is 0 Å². The SMILES string of the molecule is C=CN(/C=C\C)c1cc(C)c(C)cc1C. The summed E-state index contributed by atoms with van der Waals surface area (Å²) in [5, 5.41) is 0. The first-order chi connectivity index (χ1) is 7.10. The summed E-state index contributed by atoms with van der Waals surface area (Å²) in [6.45, 7) is 12.2. The molecule has 1 aromatic rings. The summed E-state index contributed by atoms with van der Waals surface area (Å²) < 4.78 is 0. The van der Waals surface area contributed by atoms with Crippen LogP contribution in [0, 0.1) is 20.8 Å². The molecule has 0 saturated heterocycles. The smallest absolute Gasteiger partial charge is 0.0480 e. The molecule has 0 aliphatic carbocycles. The van der Waals surface area contributed by atoms with E-state index in [1.54, 1.807) is 0 Å². The Labute approximate surface area is 92.7 Å². The highest BCUT2D eigenvalue weighted by molar-refractivity contribution is 5.60. The van der Waals surface area contributed by atoms with Gasteiger partial charge in [0.15, 0.2) is 0 Å². The lowest BCUT2D eigenvalue weighted by molar-refractivity contribution is 1.21. The van der Waals surface area contributed by atoms with E-state index in [-0.39, 0.29) is 0 Å². The lowest BCUT2D eigenvalue weighted by atomic mass is 10.0. The fraction of sp³-hybridized carbons (Fsp3) is 0.286. The van der Waals surface area contributed by atoms with Gasteiger partial charge >= 0.3 is 0 Å². The van der Waals surface area contributed by atoms with Gasteiger partial charge in [-0.1, -0.05) is 18.7 Å². The van der Waals surface area contributed by atoms with Crippen molar-refractivity contribution in [3.8, 4) is 0 Å². The number of hydrogen-bond acceptors (Lipinski definition) is 1. The molecule has 0 heterocycles. The monoisotopic (exact) mass is 201 g/mol. The van der Waals surface area contributed by atoms with Crippen molar-refractivity contribution in [3.05, 3.63) is 53.9 Å². The first-order valence-electron chi connectivity index (χ1n) is 5.21. The highest BCUT2D eigenvalue weighted by atomic mass is 15.1. The van der Waals surface area contributed by atoms with Crippen molar-refractivity contribution in [1.29, 1.82) is 0 Å². The molecule has 0 saturated carbocycles. The Hall–Kier alpha value is -1.50. The second-order valence-electron chi connectivity index (χ2n) is 3.80. The maximum Gasteiger partial charge on any atom is 0.0480 e. The minimum atomic E-state index is 1.20. The van der Waals surface area contributed by atoms with Crippen LogP contribution in [0.3, 0.4) is 0 Å². The Morgan fingerprint density at radius 3 is 2.20 bits per heavy atom. The highest BCUT2D eigenvalue weighted by Crippen LogP contribution is 2.24. The average molecular weight is 201 g/mol. The molecule has 1 aromatic carbocycles.